The second kappa shape index (κ2) is 5.14. The van der Waals surface area contributed by atoms with Crippen LogP contribution in [0.4, 0.5) is 5.69 Å². The van der Waals surface area contributed by atoms with Gasteiger partial charge in [0.25, 0.3) is 4.92 Å². The van der Waals surface area contributed by atoms with Crippen LogP contribution >= 0.6 is 0 Å². The summed E-state index contributed by atoms with van der Waals surface area (Å²) in [5.74, 6) is 0.643. The number of rotatable bonds is 4. The first kappa shape index (κ1) is 11.9. The number of hydrogen-bond donors (Lipinski definition) is 1. The number of likely N-dealkylation sites (tertiary alicyclic amines) is 1. The molecule has 0 unspecified atom stereocenters. The summed E-state index contributed by atoms with van der Waals surface area (Å²) >= 11 is 0. The lowest BCUT2D eigenvalue weighted by molar-refractivity contribution is -0.729. The second-order valence-corrected chi connectivity index (χ2v) is 4.25. The van der Waals surface area contributed by atoms with Crippen molar-refractivity contribution in [2.75, 3.05) is 20.2 Å². The zero-order chi connectivity index (χ0) is 12.3. The maximum Gasteiger partial charge on any atom is 0.320 e. The summed E-state index contributed by atoms with van der Waals surface area (Å²) in [6.07, 6.45) is 2.48. The lowest BCUT2D eigenvalue weighted by Gasteiger charge is -2.16. The van der Waals surface area contributed by atoms with Crippen LogP contribution in [0.5, 0.6) is 5.75 Å². The fraction of sp³-hybridized carbons (Fsp3) is 0.500. The molecule has 5 heteroatoms. The van der Waals surface area contributed by atoms with E-state index >= 15 is 0 Å². The van der Waals surface area contributed by atoms with E-state index in [0.717, 1.165) is 25.2 Å². The monoisotopic (exact) mass is 237 g/mol. The van der Waals surface area contributed by atoms with Crippen molar-refractivity contribution in [1.82, 2.24) is 4.90 Å². The Balaban J connectivity index is 2.18. The van der Waals surface area contributed by atoms with Crippen LogP contribution < -0.4 is 4.74 Å². The van der Waals surface area contributed by atoms with E-state index < -0.39 is 0 Å². The van der Waals surface area contributed by atoms with Crippen LogP contribution in [0.1, 0.15) is 18.4 Å². The Kier molecular flexibility index (Phi) is 3.58. The number of hydrogen-bond acceptors (Lipinski definition) is 3. The number of ether oxygens (including phenoxy) is 1. The zero-order valence-corrected chi connectivity index (χ0v) is 9.93. The minimum absolute atomic E-state index is 0.151. The average Bonchev–Trinajstić information content (AvgIpc) is 2.82. The lowest BCUT2D eigenvalue weighted by atomic mass is 10.1. The molecule has 1 aromatic carbocycles. The minimum atomic E-state index is -0.151. The predicted molar refractivity (Wildman–Crippen MR) is 62.6 cm³/mol. The van der Waals surface area contributed by atoms with Crippen molar-refractivity contribution < 1.29 is 14.9 Å². The van der Waals surface area contributed by atoms with E-state index in [1.807, 2.05) is 6.07 Å². The molecule has 0 aliphatic carbocycles. The zero-order valence-electron chi connectivity index (χ0n) is 9.93. The molecular formula is C12H17N2O3+. The van der Waals surface area contributed by atoms with Gasteiger partial charge in [-0.05, 0) is 32.0 Å². The highest BCUT2D eigenvalue weighted by molar-refractivity contribution is 5.44. The van der Waals surface area contributed by atoms with Gasteiger partial charge < -0.3 is 4.74 Å². The molecule has 0 atom stereocenters. The third-order valence-corrected chi connectivity index (χ3v) is 3.08. The van der Waals surface area contributed by atoms with Gasteiger partial charge in [-0.25, -0.2) is 5.21 Å². The van der Waals surface area contributed by atoms with Gasteiger partial charge in [0.1, 0.15) is 5.75 Å². The summed E-state index contributed by atoms with van der Waals surface area (Å²) < 4.78 is 5.24. The van der Waals surface area contributed by atoms with E-state index in [4.69, 9.17) is 9.94 Å². The van der Waals surface area contributed by atoms with Crippen LogP contribution in [-0.2, 0) is 6.54 Å². The van der Waals surface area contributed by atoms with Gasteiger partial charge in [-0.2, -0.15) is 0 Å². The molecule has 1 aromatic rings. The Hall–Kier alpha value is -1.62. The highest BCUT2D eigenvalue weighted by Crippen LogP contribution is 2.26. The molecule has 5 nitrogen and oxygen atoms in total. The smallest absolute Gasteiger partial charge is 0.320 e. The van der Waals surface area contributed by atoms with Crippen LogP contribution in [0.15, 0.2) is 18.2 Å². The van der Waals surface area contributed by atoms with Gasteiger partial charge in [-0.1, -0.05) is 0 Å². The Bertz CT molecular complexity index is 414. The highest BCUT2D eigenvalue weighted by Gasteiger charge is 2.18. The Morgan fingerprint density at radius 1 is 1.41 bits per heavy atom. The lowest BCUT2D eigenvalue weighted by Crippen LogP contribution is -2.18. The van der Waals surface area contributed by atoms with Crippen LogP contribution in [-0.4, -0.2) is 35.2 Å². The molecule has 0 aromatic heterocycles. The normalized spacial score (nSPS) is 16.1. The molecule has 1 aliphatic rings. The molecule has 1 fully saturated rings. The van der Waals surface area contributed by atoms with Crippen molar-refractivity contribution in [2.24, 2.45) is 0 Å². The largest absolute Gasteiger partial charge is 0.496 e. The van der Waals surface area contributed by atoms with Crippen LogP contribution in [0.25, 0.3) is 0 Å². The molecular weight excluding hydrogens is 220 g/mol. The first-order chi connectivity index (χ1) is 8.20. The van der Waals surface area contributed by atoms with Crippen LogP contribution in [0.2, 0.25) is 0 Å². The Morgan fingerprint density at radius 2 is 2.12 bits per heavy atom. The first-order valence-corrected chi connectivity index (χ1v) is 5.76. The molecule has 0 spiro atoms. The highest BCUT2D eigenvalue weighted by atomic mass is 16.6. The standard InChI is InChI=1S/C12H17N2O3/c1-17-12-8-11(14(15)16)5-4-10(12)9-13-6-2-3-7-13/h4-5,8H,2-3,6-7,9H2,1H3,(H,15,16)/q+1. The maximum atomic E-state index is 10.8. The summed E-state index contributed by atoms with van der Waals surface area (Å²) in [4.78, 5) is 13.0. The fourth-order valence-electron chi connectivity index (χ4n) is 2.16. The summed E-state index contributed by atoms with van der Waals surface area (Å²) in [6.45, 7) is 3.05. The molecule has 0 bridgehead atoms. The van der Waals surface area contributed by atoms with Gasteiger partial charge >= 0.3 is 5.69 Å². The maximum absolute atomic E-state index is 10.8. The molecule has 2 rings (SSSR count). The van der Waals surface area contributed by atoms with Crippen molar-refractivity contribution in [3.63, 3.8) is 0 Å². The van der Waals surface area contributed by atoms with Gasteiger partial charge in [-0.15, -0.1) is 0 Å². The molecule has 1 heterocycles. The molecule has 1 N–H and O–H groups in total. The Morgan fingerprint density at radius 3 is 2.71 bits per heavy atom. The SMILES string of the molecule is COc1cc([N+](=O)O)ccc1CN1CCCC1. The second-order valence-electron chi connectivity index (χ2n) is 4.25. The van der Waals surface area contributed by atoms with Crippen molar-refractivity contribution in [3.8, 4) is 5.75 Å². The predicted octanol–water partition coefficient (Wildman–Crippen LogP) is 2.09. The van der Waals surface area contributed by atoms with Gasteiger partial charge in [0, 0.05) is 18.2 Å². The number of benzene rings is 1. The van der Waals surface area contributed by atoms with E-state index in [-0.39, 0.29) is 10.6 Å². The molecule has 0 amide bonds. The fourth-order valence-corrected chi connectivity index (χ4v) is 2.16. The summed E-state index contributed by atoms with van der Waals surface area (Å²) in [5.41, 5.74) is 1.23. The number of methoxy groups -OCH3 is 1. The van der Waals surface area contributed by atoms with Gasteiger partial charge in [0.15, 0.2) is 0 Å². The van der Waals surface area contributed by atoms with Gasteiger partial charge in [0.05, 0.1) is 18.1 Å². The first-order valence-electron chi connectivity index (χ1n) is 5.76. The number of nitrogens with zero attached hydrogens (tertiary/aromatic N) is 2. The molecule has 1 saturated heterocycles. The molecule has 0 radical (unpaired) electrons. The van der Waals surface area contributed by atoms with E-state index in [1.54, 1.807) is 19.2 Å². The quantitative estimate of drug-likeness (QED) is 0.815. The summed E-state index contributed by atoms with van der Waals surface area (Å²) in [7, 11) is 1.57. The molecule has 0 saturated carbocycles. The molecule has 1 aliphatic heterocycles. The van der Waals surface area contributed by atoms with Crippen molar-refractivity contribution in [1.29, 1.82) is 0 Å². The van der Waals surface area contributed by atoms with Gasteiger partial charge in [-0.3, -0.25) is 4.90 Å². The van der Waals surface area contributed by atoms with Crippen molar-refractivity contribution in [3.05, 3.63) is 28.7 Å². The van der Waals surface area contributed by atoms with Crippen LogP contribution in [0, 0.1) is 4.91 Å². The van der Waals surface area contributed by atoms with E-state index in [0.29, 0.717) is 5.75 Å². The molecule has 92 valence electrons. The summed E-state index contributed by atoms with van der Waals surface area (Å²) in [5, 5.41) is 8.83. The van der Waals surface area contributed by atoms with Gasteiger partial charge in [0.2, 0.25) is 0 Å². The van der Waals surface area contributed by atoms with Crippen LogP contribution in [0.3, 0.4) is 0 Å². The van der Waals surface area contributed by atoms with Crippen molar-refractivity contribution >= 4 is 5.69 Å². The van der Waals surface area contributed by atoms with E-state index in [2.05, 4.69) is 4.90 Å². The third-order valence-electron chi connectivity index (χ3n) is 3.08. The van der Waals surface area contributed by atoms with Crippen molar-refractivity contribution in [2.45, 2.75) is 19.4 Å². The summed E-state index contributed by atoms with van der Waals surface area (Å²) in [6, 6.07) is 4.98. The minimum Gasteiger partial charge on any atom is -0.496 e. The topological polar surface area (TPSA) is 52.8 Å². The molecule has 17 heavy (non-hydrogen) atoms. The Labute approximate surface area is 100 Å². The average molecular weight is 237 g/mol. The van der Waals surface area contributed by atoms with E-state index in [1.165, 1.54) is 12.8 Å². The third kappa shape index (κ3) is 2.74. The van der Waals surface area contributed by atoms with E-state index in [9.17, 15) is 4.91 Å².